The SMILES string of the molecule is CC(C)(C)c1cc(N)c2cccc(I)c2n1. The third-order valence-corrected chi connectivity index (χ3v) is 3.46. The van der Waals surface area contributed by atoms with Crippen molar-refractivity contribution in [3.63, 3.8) is 0 Å². The average Bonchev–Trinajstić information content (AvgIpc) is 2.18. The molecule has 1 aromatic carbocycles. The van der Waals surface area contributed by atoms with Gasteiger partial charge in [-0.2, -0.15) is 0 Å². The molecule has 0 unspecified atom stereocenters. The molecule has 2 N–H and O–H groups in total. The Morgan fingerprint density at radius 2 is 1.94 bits per heavy atom. The maximum atomic E-state index is 6.08. The predicted molar refractivity (Wildman–Crippen MR) is 77.6 cm³/mol. The van der Waals surface area contributed by atoms with E-state index in [1.807, 2.05) is 18.2 Å². The lowest BCUT2D eigenvalue weighted by atomic mass is 9.91. The van der Waals surface area contributed by atoms with E-state index >= 15 is 0 Å². The van der Waals surface area contributed by atoms with Crippen molar-refractivity contribution in [1.82, 2.24) is 4.98 Å². The molecule has 2 aromatic rings. The van der Waals surface area contributed by atoms with Crippen LogP contribution in [-0.4, -0.2) is 4.98 Å². The lowest BCUT2D eigenvalue weighted by Crippen LogP contribution is -2.14. The number of hydrogen-bond acceptors (Lipinski definition) is 2. The minimum absolute atomic E-state index is 0.0290. The first-order chi connectivity index (χ1) is 7.39. The van der Waals surface area contributed by atoms with Crippen LogP contribution in [0.1, 0.15) is 26.5 Å². The molecule has 0 aliphatic heterocycles. The number of fused-ring (bicyclic) bond motifs is 1. The van der Waals surface area contributed by atoms with E-state index in [4.69, 9.17) is 10.7 Å². The van der Waals surface area contributed by atoms with Crippen LogP contribution in [0.3, 0.4) is 0 Å². The zero-order valence-electron chi connectivity index (χ0n) is 9.71. The molecule has 2 nitrogen and oxygen atoms in total. The van der Waals surface area contributed by atoms with E-state index in [1.165, 1.54) is 0 Å². The number of nitrogen functional groups attached to an aromatic ring is 1. The molecule has 1 heterocycles. The summed E-state index contributed by atoms with van der Waals surface area (Å²) in [6.45, 7) is 6.45. The van der Waals surface area contributed by atoms with Crippen molar-refractivity contribution >= 4 is 39.2 Å². The van der Waals surface area contributed by atoms with Crippen molar-refractivity contribution in [1.29, 1.82) is 0 Å². The van der Waals surface area contributed by atoms with E-state index in [0.717, 1.165) is 25.9 Å². The van der Waals surface area contributed by atoms with Crippen molar-refractivity contribution in [2.45, 2.75) is 26.2 Å². The Bertz CT molecular complexity index is 541. The summed E-state index contributed by atoms with van der Waals surface area (Å²) < 4.78 is 1.15. The van der Waals surface area contributed by atoms with Gasteiger partial charge in [0.15, 0.2) is 0 Å². The third kappa shape index (κ3) is 2.00. The minimum Gasteiger partial charge on any atom is -0.398 e. The molecular weight excluding hydrogens is 311 g/mol. The van der Waals surface area contributed by atoms with Gasteiger partial charge in [0.25, 0.3) is 0 Å². The van der Waals surface area contributed by atoms with E-state index in [1.54, 1.807) is 0 Å². The molecule has 0 bridgehead atoms. The maximum Gasteiger partial charge on any atom is 0.0859 e. The molecule has 0 aliphatic rings. The Morgan fingerprint density at radius 3 is 2.56 bits per heavy atom. The molecule has 3 heteroatoms. The molecule has 84 valence electrons. The number of hydrogen-bond donors (Lipinski definition) is 1. The predicted octanol–water partition coefficient (Wildman–Crippen LogP) is 3.72. The van der Waals surface area contributed by atoms with Crippen molar-refractivity contribution in [2.24, 2.45) is 0 Å². The van der Waals surface area contributed by atoms with Crippen LogP contribution in [0.25, 0.3) is 10.9 Å². The van der Waals surface area contributed by atoms with Crippen LogP contribution in [0, 0.1) is 3.57 Å². The first-order valence-corrected chi connectivity index (χ1v) is 6.32. The number of halogens is 1. The molecule has 2 rings (SSSR count). The van der Waals surface area contributed by atoms with E-state index < -0.39 is 0 Å². The maximum absolute atomic E-state index is 6.08. The van der Waals surface area contributed by atoms with Crippen molar-refractivity contribution in [3.05, 3.63) is 33.5 Å². The van der Waals surface area contributed by atoms with Gasteiger partial charge in [-0.25, -0.2) is 0 Å². The van der Waals surface area contributed by atoms with Crippen LogP contribution in [0.4, 0.5) is 5.69 Å². The van der Waals surface area contributed by atoms with Gasteiger partial charge >= 0.3 is 0 Å². The second kappa shape index (κ2) is 3.87. The van der Waals surface area contributed by atoms with Gasteiger partial charge in [0.1, 0.15) is 0 Å². The van der Waals surface area contributed by atoms with Crippen molar-refractivity contribution in [2.75, 3.05) is 5.73 Å². The molecule has 0 saturated carbocycles. The van der Waals surface area contributed by atoms with E-state index in [-0.39, 0.29) is 5.41 Å². The van der Waals surface area contributed by atoms with Crippen LogP contribution in [0.5, 0.6) is 0 Å². The molecule has 0 atom stereocenters. The summed E-state index contributed by atoms with van der Waals surface area (Å²) in [7, 11) is 0. The van der Waals surface area contributed by atoms with E-state index in [0.29, 0.717) is 0 Å². The fraction of sp³-hybridized carbons (Fsp3) is 0.308. The van der Waals surface area contributed by atoms with E-state index in [9.17, 15) is 0 Å². The van der Waals surface area contributed by atoms with Gasteiger partial charge < -0.3 is 5.73 Å². The molecule has 16 heavy (non-hydrogen) atoms. The van der Waals surface area contributed by atoms with Gasteiger partial charge in [-0.1, -0.05) is 32.9 Å². The lowest BCUT2D eigenvalue weighted by Gasteiger charge is -2.19. The van der Waals surface area contributed by atoms with Gasteiger partial charge in [-0.05, 0) is 34.7 Å². The first-order valence-electron chi connectivity index (χ1n) is 5.25. The fourth-order valence-electron chi connectivity index (χ4n) is 1.62. The highest BCUT2D eigenvalue weighted by atomic mass is 127. The number of anilines is 1. The summed E-state index contributed by atoms with van der Waals surface area (Å²) in [4.78, 5) is 4.72. The zero-order chi connectivity index (χ0) is 11.9. The molecular formula is C13H15IN2. The molecule has 0 amide bonds. The molecule has 0 aliphatic carbocycles. The number of para-hydroxylation sites is 1. The number of nitrogens with zero attached hydrogens (tertiary/aromatic N) is 1. The molecule has 0 spiro atoms. The quantitative estimate of drug-likeness (QED) is 0.750. The summed E-state index contributed by atoms with van der Waals surface area (Å²) in [5.74, 6) is 0. The number of pyridine rings is 1. The Hall–Kier alpha value is -0.840. The van der Waals surface area contributed by atoms with Gasteiger partial charge in [-0.3, -0.25) is 4.98 Å². The second-order valence-electron chi connectivity index (χ2n) is 4.98. The van der Waals surface area contributed by atoms with Crippen LogP contribution in [0.15, 0.2) is 24.3 Å². The second-order valence-corrected chi connectivity index (χ2v) is 6.14. The minimum atomic E-state index is 0.0290. The van der Waals surface area contributed by atoms with Gasteiger partial charge in [0, 0.05) is 25.8 Å². The molecule has 0 radical (unpaired) electrons. The topological polar surface area (TPSA) is 38.9 Å². The Kier molecular flexibility index (Phi) is 2.82. The highest BCUT2D eigenvalue weighted by Gasteiger charge is 2.17. The van der Waals surface area contributed by atoms with Crippen LogP contribution >= 0.6 is 22.6 Å². The zero-order valence-corrected chi connectivity index (χ0v) is 11.9. The summed E-state index contributed by atoms with van der Waals surface area (Å²) in [6.07, 6.45) is 0. The average molecular weight is 326 g/mol. The molecule has 1 aromatic heterocycles. The summed E-state index contributed by atoms with van der Waals surface area (Å²) >= 11 is 2.30. The molecule has 0 saturated heterocycles. The monoisotopic (exact) mass is 326 g/mol. The van der Waals surface area contributed by atoms with E-state index in [2.05, 4.69) is 49.4 Å². The van der Waals surface area contributed by atoms with Gasteiger partial charge in [0.2, 0.25) is 0 Å². The highest BCUT2D eigenvalue weighted by Crippen LogP contribution is 2.29. The number of rotatable bonds is 0. The first kappa shape index (κ1) is 11.6. The van der Waals surface area contributed by atoms with Crippen LogP contribution < -0.4 is 5.73 Å². The van der Waals surface area contributed by atoms with Gasteiger partial charge in [-0.15, -0.1) is 0 Å². The third-order valence-electron chi connectivity index (χ3n) is 2.59. The smallest absolute Gasteiger partial charge is 0.0859 e. The standard InChI is InChI=1S/C13H15IN2/c1-13(2,3)11-7-10(15)8-5-4-6-9(14)12(8)16-11/h4-7H,1-3H3,(H2,15,16). The largest absolute Gasteiger partial charge is 0.398 e. The van der Waals surface area contributed by atoms with Crippen molar-refractivity contribution < 1.29 is 0 Å². The normalized spacial score (nSPS) is 12.0. The number of aromatic nitrogens is 1. The number of nitrogens with two attached hydrogens (primary N) is 1. The van der Waals surface area contributed by atoms with Crippen molar-refractivity contribution in [3.8, 4) is 0 Å². The highest BCUT2D eigenvalue weighted by molar-refractivity contribution is 14.1. The molecule has 0 fully saturated rings. The van der Waals surface area contributed by atoms with Crippen LogP contribution in [-0.2, 0) is 5.41 Å². The summed E-state index contributed by atoms with van der Waals surface area (Å²) in [6, 6.07) is 8.07. The Labute approximate surface area is 109 Å². The van der Waals surface area contributed by atoms with Crippen LogP contribution in [0.2, 0.25) is 0 Å². The fourth-order valence-corrected chi connectivity index (χ4v) is 2.24. The van der Waals surface area contributed by atoms with Gasteiger partial charge in [0.05, 0.1) is 5.52 Å². The summed E-state index contributed by atoms with van der Waals surface area (Å²) in [5, 5.41) is 1.04. The Morgan fingerprint density at radius 1 is 1.25 bits per heavy atom. The lowest BCUT2D eigenvalue weighted by molar-refractivity contribution is 0.572. The summed E-state index contributed by atoms with van der Waals surface area (Å²) in [5.41, 5.74) is 8.97. The number of benzene rings is 1. The Balaban J connectivity index is 2.81.